The normalized spacial score (nSPS) is 25.8. The van der Waals surface area contributed by atoms with E-state index >= 15 is 0 Å². The summed E-state index contributed by atoms with van der Waals surface area (Å²) in [6.07, 6.45) is 1.86. The lowest BCUT2D eigenvalue weighted by molar-refractivity contribution is 0.300. The lowest BCUT2D eigenvalue weighted by Gasteiger charge is -2.23. The van der Waals surface area contributed by atoms with Crippen molar-refractivity contribution >= 4 is 23.6 Å². The largest absolute Gasteiger partial charge is 0.312 e. The van der Waals surface area contributed by atoms with Gasteiger partial charge < -0.3 is 4.90 Å². The third kappa shape index (κ3) is 1.61. The van der Waals surface area contributed by atoms with E-state index in [1.54, 1.807) is 0 Å². The highest BCUT2D eigenvalue weighted by molar-refractivity contribution is 6.30. The quantitative estimate of drug-likeness (QED) is 0.649. The summed E-state index contributed by atoms with van der Waals surface area (Å²) in [6.45, 7) is 0.863. The van der Waals surface area contributed by atoms with Crippen molar-refractivity contribution in [1.29, 1.82) is 0 Å². The van der Waals surface area contributed by atoms with Crippen LogP contribution in [0.3, 0.4) is 0 Å². The Labute approximate surface area is 88.8 Å². The number of quaternary nitrogens is 1. The fourth-order valence-corrected chi connectivity index (χ4v) is 1.75. The molecule has 14 heavy (non-hydrogen) atoms. The van der Waals surface area contributed by atoms with Crippen LogP contribution in [-0.2, 0) is 0 Å². The number of rotatable bonds is 1. The lowest BCUT2D eigenvalue weighted by atomic mass is 10.3. The van der Waals surface area contributed by atoms with Crippen LogP contribution < -0.4 is 4.59 Å². The molecule has 1 aliphatic rings. The van der Waals surface area contributed by atoms with Crippen LogP contribution in [0.15, 0.2) is 29.4 Å². The summed E-state index contributed by atoms with van der Waals surface area (Å²) in [5.41, 5.74) is 1.15. The van der Waals surface area contributed by atoms with Crippen LogP contribution in [0.5, 0.6) is 0 Å². The Kier molecular flexibility index (Phi) is 2.21. The molecule has 1 aromatic carbocycles. The van der Waals surface area contributed by atoms with Crippen LogP contribution in [0.25, 0.3) is 0 Å². The van der Waals surface area contributed by atoms with Gasteiger partial charge in [-0.15, -0.1) is 4.59 Å². The second kappa shape index (κ2) is 3.26. The van der Waals surface area contributed by atoms with Crippen molar-refractivity contribution in [2.24, 2.45) is 5.10 Å². The van der Waals surface area contributed by atoms with E-state index in [9.17, 15) is 0 Å². The number of hydrogen-bond acceptors (Lipinski definition) is 2. The van der Waals surface area contributed by atoms with E-state index < -0.39 is 0 Å². The van der Waals surface area contributed by atoms with Crippen molar-refractivity contribution in [2.75, 3.05) is 20.8 Å². The molecule has 1 heterocycles. The second-order valence-corrected chi connectivity index (χ2v) is 4.18. The number of nitrogens with zero attached hydrogens (tertiary/aromatic N) is 3. The van der Waals surface area contributed by atoms with Gasteiger partial charge in [-0.05, 0) is 12.1 Å². The summed E-state index contributed by atoms with van der Waals surface area (Å²) in [5, 5.41) is 5.20. The van der Waals surface area contributed by atoms with Gasteiger partial charge in [0.15, 0.2) is 18.7 Å². The minimum Gasteiger partial charge on any atom is -0.312 e. The fraction of sp³-hybridized carbons (Fsp3) is 0.300. The third-order valence-corrected chi connectivity index (χ3v) is 2.64. The maximum absolute atomic E-state index is 5.84. The Balaban J connectivity index is 2.31. The molecule has 0 aromatic heterocycles. The lowest BCUT2D eigenvalue weighted by Crippen LogP contribution is -2.40. The molecule has 1 atom stereocenters. The summed E-state index contributed by atoms with van der Waals surface area (Å²) in [7, 11) is 4.09. The molecule has 0 saturated carbocycles. The van der Waals surface area contributed by atoms with Crippen molar-refractivity contribution < 1.29 is 0 Å². The number of halogens is 1. The van der Waals surface area contributed by atoms with Crippen LogP contribution in [0.4, 0.5) is 5.69 Å². The molecule has 74 valence electrons. The summed E-state index contributed by atoms with van der Waals surface area (Å²) < 4.78 is 0.563. The summed E-state index contributed by atoms with van der Waals surface area (Å²) in [4.78, 5) is 2.06. The molecule has 0 saturated heterocycles. The zero-order chi connectivity index (χ0) is 10.2. The summed E-state index contributed by atoms with van der Waals surface area (Å²) >= 11 is 5.84. The maximum Gasteiger partial charge on any atom is 0.184 e. The van der Waals surface area contributed by atoms with Gasteiger partial charge in [0.25, 0.3) is 0 Å². The average molecular weight is 211 g/mol. The van der Waals surface area contributed by atoms with E-state index in [1.165, 1.54) is 0 Å². The molecule has 1 aliphatic heterocycles. The molecule has 0 spiro atoms. The Morgan fingerprint density at radius 1 is 1.36 bits per heavy atom. The van der Waals surface area contributed by atoms with E-state index in [0.717, 1.165) is 17.4 Å². The maximum atomic E-state index is 5.84. The SMILES string of the molecule is CN1C=N[N+](C)(c2ccc(Cl)cc2)C1. The molecule has 0 bridgehead atoms. The van der Waals surface area contributed by atoms with Crippen molar-refractivity contribution in [3.8, 4) is 0 Å². The third-order valence-electron chi connectivity index (χ3n) is 2.38. The van der Waals surface area contributed by atoms with Crippen LogP contribution in [0.1, 0.15) is 0 Å². The van der Waals surface area contributed by atoms with Gasteiger partial charge in [-0.3, -0.25) is 0 Å². The van der Waals surface area contributed by atoms with Gasteiger partial charge in [-0.2, -0.15) is 0 Å². The zero-order valence-corrected chi connectivity index (χ0v) is 9.07. The summed E-state index contributed by atoms with van der Waals surface area (Å²) in [5.74, 6) is 0. The van der Waals surface area contributed by atoms with E-state index in [1.807, 2.05) is 37.7 Å². The molecule has 1 unspecified atom stereocenters. The van der Waals surface area contributed by atoms with Gasteiger partial charge in [0, 0.05) is 24.2 Å². The van der Waals surface area contributed by atoms with Gasteiger partial charge in [0.2, 0.25) is 0 Å². The van der Waals surface area contributed by atoms with Crippen LogP contribution in [0.2, 0.25) is 5.02 Å². The fourth-order valence-electron chi connectivity index (χ4n) is 1.62. The topological polar surface area (TPSA) is 15.6 Å². The van der Waals surface area contributed by atoms with E-state index in [-0.39, 0.29) is 0 Å². The van der Waals surface area contributed by atoms with Gasteiger partial charge in [0.1, 0.15) is 0 Å². The molecule has 0 N–H and O–H groups in total. The molecule has 0 radical (unpaired) electrons. The standard InChI is InChI=1S/C10H13ClN3/c1-13-7-12-14(2,8-13)10-5-3-9(11)4-6-10/h3-7H,8H2,1-2H3/q+1. The van der Waals surface area contributed by atoms with Crippen LogP contribution >= 0.6 is 11.6 Å². The van der Waals surface area contributed by atoms with E-state index in [0.29, 0.717) is 4.59 Å². The molecule has 0 aliphatic carbocycles. The molecule has 0 amide bonds. The van der Waals surface area contributed by atoms with Crippen LogP contribution in [-0.4, -0.2) is 32.0 Å². The monoisotopic (exact) mass is 210 g/mol. The molecule has 3 nitrogen and oxygen atoms in total. The predicted molar refractivity (Wildman–Crippen MR) is 60.3 cm³/mol. The smallest absolute Gasteiger partial charge is 0.184 e. The first-order valence-electron chi connectivity index (χ1n) is 4.48. The van der Waals surface area contributed by atoms with Crippen molar-refractivity contribution in [3.63, 3.8) is 0 Å². The minimum atomic E-state index is 0.563. The van der Waals surface area contributed by atoms with Crippen molar-refractivity contribution in [3.05, 3.63) is 29.3 Å². The molecule has 1 aromatic rings. The Morgan fingerprint density at radius 2 is 2.00 bits per heavy atom. The highest BCUT2D eigenvalue weighted by Crippen LogP contribution is 2.25. The molecular formula is C10H13ClN3+. The van der Waals surface area contributed by atoms with Crippen molar-refractivity contribution in [1.82, 2.24) is 9.49 Å². The van der Waals surface area contributed by atoms with Gasteiger partial charge >= 0.3 is 0 Å². The van der Waals surface area contributed by atoms with Gasteiger partial charge in [-0.25, -0.2) is 0 Å². The van der Waals surface area contributed by atoms with E-state index in [2.05, 4.69) is 17.0 Å². The average Bonchev–Trinajstić information content (AvgIpc) is 2.48. The summed E-state index contributed by atoms with van der Waals surface area (Å²) in [6, 6.07) is 7.82. The van der Waals surface area contributed by atoms with Gasteiger partial charge in [0.05, 0.1) is 7.05 Å². The predicted octanol–water partition coefficient (Wildman–Crippen LogP) is 2.12. The Bertz CT molecular complexity index is 360. The first-order valence-corrected chi connectivity index (χ1v) is 4.86. The van der Waals surface area contributed by atoms with Crippen LogP contribution in [0, 0.1) is 0 Å². The highest BCUT2D eigenvalue weighted by atomic mass is 35.5. The molecular weight excluding hydrogens is 198 g/mol. The first kappa shape index (κ1) is 9.49. The zero-order valence-electron chi connectivity index (χ0n) is 8.31. The van der Waals surface area contributed by atoms with Gasteiger partial charge in [-0.1, -0.05) is 16.7 Å². The molecule has 2 rings (SSSR count). The van der Waals surface area contributed by atoms with Crippen molar-refractivity contribution in [2.45, 2.75) is 0 Å². The van der Waals surface area contributed by atoms with E-state index in [4.69, 9.17) is 11.6 Å². The Hall–Kier alpha value is -1.06. The first-order chi connectivity index (χ1) is 6.60. The number of benzene rings is 1. The molecule has 4 heteroatoms. The highest BCUT2D eigenvalue weighted by Gasteiger charge is 2.30. The Morgan fingerprint density at radius 3 is 2.50 bits per heavy atom. The minimum absolute atomic E-state index is 0.563. The second-order valence-electron chi connectivity index (χ2n) is 3.75. The number of hydrogen-bond donors (Lipinski definition) is 0. The molecule has 0 fully saturated rings.